The highest BCUT2D eigenvalue weighted by atomic mass is 32.2. The van der Waals surface area contributed by atoms with Gasteiger partial charge in [-0.15, -0.1) is 0 Å². The van der Waals surface area contributed by atoms with Crippen LogP contribution in [0.15, 0.2) is 54.6 Å². The first-order chi connectivity index (χ1) is 12.5. The Kier molecular flexibility index (Phi) is 6.12. The maximum atomic E-state index is 12.8. The van der Waals surface area contributed by atoms with Crippen molar-refractivity contribution >= 4 is 10.0 Å². The van der Waals surface area contributed by atoms with Crippen LogP contribution in [-0.2, 0) is 20.5 Å². The van der Waals surface area contributed by atoms with Crippen molar-refractivity contribution < 1.29 is 13.2 Å². The summed E-state index contributed by atoms with van der Waals surface area (Å²) >= 11 is 0. The molecule has 2 aromatic carbocycles. The molecule has 0 N–H and O–H groups in total. The van der Waals surface area contributed by atoms with Crippen molar-refractivity contribution in [2.75, 3.05) is 20.2 Å². The van der Waals surface area contributed by atoms with Crippen molar-refractivity contribution in [3.8, 4) is 0 Å². The largest absolute Gasteiger partial charge is 0.376 e. The van der Waals surface area contributed by atoms with Gasteiger partial charge in [0.05, 0.1) is 11.9 Å². The van der Waals surface area contributed by atoms with E-state index in [1.54, 1.807) is 11.4 Å². The molecule has 1 fully saturated rings. The number of methoxy groups -OCH3 is 1. The highest BCUT2D eigenvalue weighted by molar-refractivity contribution is 7.88. The number of hydrogen-bond acceptors (Lipinski definition) is 3. The van der Waals surface area contributed by atoms with Gasteiger partial charge in [-0.05, 0) is 42.4 Å². The fourth-order valence-electron chi connectivity index (χ4n) is 3.76. The van der Waals surface area contributed by atoms with E-state index >= 15 is 0 Å². The second kappa shape index (κ2) is 8.33. The van der Waals surface area contributed by atoms with Crippen LogP contribution in [0.5, 0.6) is 0 Å². The van der Waals surface area contributed by atoms with Crippen LogP contribution in [0.2, 0.25) is 0 Å². The van der Waals surface area contributed by atoms with Gasteiger partial charge in [-0.3, -0.25) is 0 Å². The third-order valence-corrected chi connectivity index (χ3v) is 7.13. The Hall–Kier alpha value is -1.69. The molecule has 5 heteroatoms. The van der Waals surface area contributed by atoms with Crippen molar-refractivity contribution in [2.24, 2.45) is 5.92 Å². The second-order valence-corrected chi connectivity index (χ2v) is 8.96. The quantitative estimate of drug-likeness (QED) is 0.771. The van der Waals surface area contributed by atoms with Crippen molar-refractivity contribution in [3.63, 3.8) is 0 Å². The molecule has 0 radical (unpaired) electrons. The zero-order valence-electron chi connectivity index (χ0n) is 15.5. The van der Waals surface area contributed by atoms with E-state index in [0.29, 0.717) is 19.0 Å². The summed E-state index contributed by atoms with van der Waals surface area (Å²) < 4.78 is 33.0. The number of aryl methyl sites for hydroxylation is 1. The molecule has 0 spiro atoms. The van der Waals surface area contributed by atoms with Gasteiger partial charge < -0.3 is 4.74 Å². The summed E-state index contributed by atoms with van der Waals surface area (Å²) in [5.74, 6) is 0.420. The Morgan fingerprint density at radius 3 is 2.27 bits per heavy atom. The molecule has 0 saturated carbocycles. The second-order valence-electron chi connectivity index (χ2n) is 6.99. The SMILES string of the molecule is COC(c1ccccc1)C1CCN(S(=O)(=O)Cc2ccccc2C)CC1. The minimum atomic E-state index is -3.29. The standard InChI is InChI=1S/C21H27NO3S/c1-17-8-6-7-11-20(17)16-26(23,24)22-14-12-19(13-15-22)21(25-2)18-9-4-3-5-10-18/h3-11,19,21H,12-16H2,1-2H3. The topological polar surface area (TPSA) is 46.6 Å². The van der Waals surface area contributed by atoms with Gasteiger partial charge in [0, 0.05) is 20.2 Å². The zero-order valence-corrected chi connectivity index (χ0v) is 16.3. The average Bonchev–Trinajstić information content (AvgIpc) is 2.65. The van der Waals surface area contributed by atoms with Crippen molar-refractivity contribution in [1.29, 1.82) is 0 Å². The van der Waals surface area contributed by atoms with Gasteiger partial charge in [-0.2, -0.15) is 0 Å². The molecule has 1 heterocycles. The highest BCUT2D eigenvalue weighted by Crippen LogP contribution is 2.34. The molecule has 1 aliphatic heterocycles. The molecule has 2 aromatic rings. The number of rotatable bonds is 6. The summed E-state index contributed by atoms with van der Waals surface area (Å²) in [5, 5.41) is 0. The van der Waals surface area contributed by atoms with Gasteiger partial charge in [0.25, 0.3) is 0 Å². The van der Waals surface area contributed by atoms with Crippen LogP contribution in [-0.4, -0.2) is 32.9 Å². The lowest BCUT2D eigenvalue weighted by Gasteiger charge is -2.35. The first kappa shape index (κ1) is 19.1. The highest BCUT2D eigenvalue weighted by Gasteiger charge is 2.32. The van der Waals surface area contributed by atoms with Crippen molar-refractivity contribution in [1.82, 2.24) is 4.31 Å². The monoisotopic (exact) mass is 373 g/mol. The first-order valence-electron chi connectivity index (χ1n) is 9.11. The molecule has 0 aliphatic carbocycles. The average molecular weight is 374 g/mol. The van der Waals surface area contributed by atoms with Crippen LogP contribution < -0.4 is 0 Å². The Morgan fingerprint density at radius 1 is 1.04 bits per heavy atom. The van der Waals surface area contributed by atoms with Gasteiger partial charge in [0.2, 0.25) is 10.0 Å². The van der Waals surface area contributed by atoms with E-state index in [2.05, 4.69) is 12.1 Å². The fraction of sp³-hybridized carbons (Fsp3) is 0.429. The predicted molar refractivity (Wildman–Crippen MR) is 104 cm³/mol. The van der Waals surface area contributed by atoms with Crippen molar-refractivity contribution in [2.45, 2.75) is 31.6 Å². The maximum absolute atomic E-state index is 12.8. The third-order valence-electron chi connectivity index (χ3n) is 5.30. The third kappa shape index (κ3) is 4.34. The van der Waals surface area contributed by atoms with E-state index in [1.165, 1.54) is 0 Å². The van der Waals surface area contributed by atoms with Gasteiger partial charge >= 0.3 is 0 Å². The summed E-state index contributed by atoms with van der Waals surface area (Å²) in [4.78, 5) is 0. The normalized spacial score (nSPS) is 17.9. The summed E-state index contributed by atoms with van der Waals surface area (Å²) in [7, 11) is -1.55. The molecule has 1 unspecified atom stereocenters. The molecule has 1 atom stereocenters. The zero-order chi connectivity index (χ0) is 18.6. The van der Waals surface area contributed by atoms with Gasteiger partial charge in [-0.1, -0.05) is 54.6 Å². The molecule has 1 saturated heterocycles. The molecule has 0 amide bonds. The van der Waals surface area contributed by atoms with E-state index < -0.39 is 10.0 Å². The molecule has 0 aromatic heterocycles. The van der Waals surface area contributed by atoms with E-state index in [9.17, 15) is 8.42 Å². The lowest BCUT2D eigenvalue weighted by atomic mass is 9.88. The van der Waals surface area contributed by atoms with E-state index in [-0.39, 0.29) is 11.9 Å². The summed E-state index contributed by atoms with van der Waals surface area (Å²) in [5.41, 5.74) is 3.07. The van der Waals surface area contributed by atoms with Gasteiger partial charge in [0.15, 0.2) is 0 Å². The number of ether oxygens (including phenoxy) is 1. The molecular weight excluding hydrogens is 346 g/mol. The van der Waals surface area contributed by atoms with E-state index in [4.69, 9.17) is 4.74 Å². The number of sulfonamides is 1. The van der Waals surface area contributed by atoms with Crippen LogP contribution in [0.25, 0.3) is 0 Å². The number of piperidine rings is 1. The number of benzene rings is 2. The fourth-order valence-corrected chi connectivity index (χ4v) is 5.43. The van der Waals surface area contributed by atoms with Crippen LogP contribution in [0, 0.1) is 12.8 Å². The lowest BCUT2D eigenvalue weighted by molar-refractivity contribution is 0.0303. The predicted octanol–water partition coefficient (Wildman–Crippen LogP) is 3.92. The molecule has 26 heavy (non-hydrogen) atoms. The first-order valence-corrected chi connectivity index (χ1v) is 10.7. The van der Waals surface area contributed by atoms with Crippen LogP contribution in [0.1, 0.15) is 35.6 Å². The van der Waals surface area contributed by atoms with Gasteiger partial charge in [-0.25, -0.2) is 12.7 Å². The van der Waals surface area contributed by atoms with Gasteiger partial charge in [0.1, 0.15) is 0 Å². The Labute approximate surface area is 156 Å². The summed E-state index contributed by atoms with van der Waals surface area (Å²) in [6.45, 7) is 3.08. The van der Waals surface area contributed by atoms with Crippen molar-refractivity contribution in [3.05, 3.63) is 71.3 Å². The molecular formula is C21H27NO3S. The van der Waals surface area contributed by atoms with Crippen LogP contribution in [0.3, 0.4) is 0 Å². The summed E-state index contributed by atoms with van der Waals surface area (Å²) in [6, 6.07) is 17.9. The lowest BCUT2D eigenvalue weighted by Crippen LogP contribution is -2.40. The minimum Gasteiger partial charge on any atom is -0.376 e. The molecule has 0 bridgehead atoms. The Morgan fingerprint density at radius 2 is 1.65 bits per heavy atom. The van der Waals surface area contributed by atoms with Crippen LogP contribution >= 0.6 is 0 Å². The maximum Gasteiger partial charge on any atom is 0.218 e. The number of hydrogen-bond donors (Lipinski definition) is 0. The number of nitrogens with zero attached hydrogens (tertiary/aromatic N) is 1. The van der Waals surface area contributed by atoms with E-state index in [1.807, 2.05) is 49.4 Å². The summed E-state index contributed by atoms with van der Waals surface area (Å²) in [6.07, 6.45) is 1.67. The Bertz CT molecular complexity index is 812. The molecule has 3 rings (SSSR count). The Balaban J connectivity index is 1.65. The smallest absolute Gasteiger partial charge is 0.218 e. The van der Waals surface area contributed by atoms with E-state index in [0.717, 1.165) is 29.5 Å². The molecule has 140 valence electrons. The molecule has 1 aliphatic rings. The minimum absolute atomic E-state index is 0.0254. The molecule has 4 nitrogen and oxygen atoms in total. The van der Waals surface area contributed by atoms with Crippen LogP contribution in [0.4, 0.5) is 0 Å².